The zero-order valence-corrected chi connectivity index (χ0v) is 13.6. The molecular formula is C16H13Cl2N3O. The Bertz CT molecular complexity index is 856. The van der Waals surface area contributed by atoms with E-state index in [2.05, 4.69) is 9.97 Å². The summed E-state index contributed by atoms with van der Waals surface area (Å²) in [4.78, 5) is 20.1. The molecule has 3 aromatic heterocycles. The molecular weight excluding hydrogens is 321 g/mol. The van der Waals surface area contributed by atoms with Crippen LogP contribution in [0, 0.1) is 6.92 Å². The van der Waals surface area contributed by atoms with Gasteiger partial charge in [0, 0.05) is 29.5 Å². The highest BCUT2D eigenvalue weighted by atomic mass is 35.5. The number of hydrogen-bond acceptors (Lipinski definition) is 3. The number of aromatic nitrogens is 3. The molecule has 0 aliphatic carbocycles. The molecule has 1 atom stereocenters. The fourth-order valence-electron chi connectivity index (χ4n) is 2.44. The molecule has 3 heterocycles. The minimum Gasteiger partial charge on any atom is -0.323 e. The number of pyridine rings is 2. The molecule has 0 saturated carbocycles. The summed E-state index contributed by atoms with van der Waals surface area (Å²) in [7, 11) is 0. The van der Waals surface area contributed by atoms with Gasteiger partial charge in [-0.2, -0.15) is 0 Å². The number of carbonyl (C=O) groups excluding carboxylic acids is 1. The smallest absolute Gasteiger partial charge is 0.152 e. The highest BCUT2D eigenvalue weighted by Crippen LogP contribution is 2.34. The topological polar surface area (TPSA) is 47.8 Å². The van der Waals surface area contributed by atoms with Crippen molar-refractivity contribution in [1.82, 2.24) is 14.5 Å². The molecule has 22 heavy (non-hydrogen) atoms. The molecule has 0 fully saturated rings. The minimum atomic E-state index is -0.0819. The molecule has 3 rings (SSSR count). The lowest BCUT2D eigenvalue weighted by Crippen LogP contribution is -2.08. The van der Waals surface area contributed by atoms with Gasteiger partial charge in [0.1, 0.15) is 5.65 Å². The number of aryl methyl sites for hydroxylation is 1. The van der Waals surface area contributed by atoms with Crippen molar-refractivity contribution in [1.29, 1.82) is 0 Å². The molecule has 0 saturated heterocycles. The molecule has 0 amide bonds. The third kappa shape index (κ3) is 2.38. The Morgan fingerprint density at radius 1 is 1.23 bits per heavy atom. The van der Waals surface area contributed by atoms with Gasteiger partial charge in [0.05, 0.1) is 21.8 Å². The molecule has 0 bridgehead atoms. The molecule has 6 heteroatoms. The predicted molar refractivity (Wildman–Crippen MR) is 87.9 cm³/mol. The lowest BCUT2D eigenvalue weighted by atomic mass is 10.2. The van der Waals surface area contributed by atoms with E-state index in [4.69, 9.17) is 23.2 Å². The Labute approximate surface area is 137 Å². The summed E-state index contributed by atoms with van der Waals surface area (Å²) in [6.07, 6.45) is 5.80. The Kier molecular flexibility index (Phi) is 3.89. The number of carbonyl (C=O) groups is 1. The quantitative estimate of drug-likeness (QED) is 0.664. The molecule has 0 spiro atoms. The molecule has 0 radical (unpaired) electrons. The van der Waals surface area contributed by atoms with E-state index in [0.29, 0.717) is 26.6 Å². The maximum absolute atomic E-state index is 11.3. The molecule has 4 nitrogen and oxygen atoms in total. The first kappa shape index (κ1) is 15.0. The van der Waals surface area contributed by atoms with E-state index in [1.54, 1.807) is 6.20 Å². The first-order valence-electron chi connectivity index (χ1n) is 6.75. The van der Waals surface area contributed by atoms with Crippen LogP contribution in [0.15, 0.2) is 30.7 Å². The fraction of sp³-hybridized carbons (Fsp3) is 0.188. The van der Waals surface area contributed by atoms with Crippen molar-refractivity contribution in [2.75, 3.05) is 0 Å². The lowest BCUT2D eigenvalue weighted by Gasteiger charge is -2.14. The van der Waals surface area contributed by atoms with Crippen molar-refractivity contribution in [2.24, 2.45) is 0 Å². The van der Waals surface area contributed by atoms with Gasteiger partial charge < -0.3 is 4.57 Å². The van der Waals surface area contributed by atoms with E-state index in [0.717, 1.165) is 17.5 Å². The van der Waals surface area contributed by atoms with Crippen molar-refractivity contribution in [3.8, 4) is 0 Å². The van der Waals surface area contributed by atoms with Gasteiger partial charge in [0.15, 0.2) is 6.29 Å². The maximum atomic E-state index is 11.3. The van der Waals surface area contributed by atoms with Crippen LogP contribution in [0.1, 0.15) is 34.6 Å². The monoisotopic (exact) mass is 333 g/mol. The van der Waals surface area contributed by atoms with Gasteiger partial charge in [-0.25, -0.2) is 4.98 Å². The Morgan fingerprint density at radius 2 is 2.00 bits per heavy atom. The highest BCUT2D eigenvalue weighted by molar-refractivity contribution is 6.45. The van der Waals surface area contributed by atoms with Crippen molar-refractivity contribution in [3.63, 3.8) is 0 Å². The van der Waals surface area contributed by atoms with Gasteiger partial charge >= 0.3 is 0 Å². The zero-order valence-electron chi connectivity index (χ0n) is 12.0. The molecule has 112 valence electrons. The van der Waals surface area contributed by atoms with Crippen LogP contribution in [0.25, 0.3) is 11.0 Å². The number of hydrogen-bond donors (Lipinski definition) is 0. The molecule has 1 unspecified atom stereocenters. The van der Waals surface area contributed by atoms with Crippen LogP contribution in [0.3, 0.4) is 0 Å². The van der Waals surface area contributed by atoms with E-state index >= 15 is 0 Å². The van der Waals surface area contributed by atoms with Crippen LogP contribution in [0.4, 0.5) is 0 Å². The second-order valence-electron chi connectivity index (χ2n) is 5.16. The molecule has 0 aliphatic rings. The van der Waals surface area contributed by atoms with Crippen molar-refractivity contribution in [2.45, 2.75) is 19.9 Å². The second kappa shape index (κ2) is 5.71. The number of nitrogens with zero attached hydrogens (tertiary/aromatic N) is 3. The Hall–Kier alpha value is -1.91. The average Bonchev–Trinajstić information content (AvgIpc) is 2.90. The van der Waals surface area contributed by atoms with Crippen molar-refractivity contribution < 1.29 is 4.79 Å². The largest absolute Gasteiger partial charge is 0.323 e. The van der Waals surface area contributed by atoms with Gasteiger partial charge in [-0.1, -0.05) is 29.3 Å². The predicted octanol–water partition coefficient (Wildman–Crippen LogP) is 4.47. The van der Waals surface area contributed by atoms with Crippen molar-refractivity contribution >= 4 is 40.5 Å². The van der Waals surface area contributed by atoms with Crippen LogP contribution in [-0.4, -0.2) is 20.8 Å². The number of fused-ring (bicyclic) bond motifs is 1. The highest BCUT2D eigenvalue weighted by Gasteiger charge is 2.19. The van der Waals surface area contributed by atoms with E-state index < -0.39 is 0 Å². The van der Waals surface area contributed by atoms with Crippen LogP contribution in [0.5, 0.6) is 0 Å². The average molecular weight is 334 g/mol. The summed E-state index contributed by atoms with van der Waals surface area (Å²) >= 11 is 12.2. The van der Waals surface area contributed by atoms with E-state index in [9.17, 15) is 4.79 Å². The Morgan fingerprint density at radius 3 is 2.64 bits per heavy atom. The van der Waals surface area contributed by atoms with Crippen LogP contribution < -0.4 is 0 Å². The fourth-order valence-corrected chi connectivity index (χ4v) is 2.82. The molecule has 3 aromatic rings. The number of rotatable bonds is 3. The first-order valence-corrected chi connectivity index (χ1v) is 7.50. The van der Waals surface area contributed by atoms with Gasteiger partial charge in [-0.3, -0.25) is 9.78 Å². The van der Waals surface area contributed by atoms with Gasteiger partial charge in [0.25, 0.3) is 0 Å². The van der Waals surface area contributed by atoms with E-state index in [1.165, 1.54) is 6.20 Å². The third-order valence-electron chi connectivity index (χ3n) is 3.67. The summed E-state index contributed by atoms with van der Waals surface area (Å²) < 4.78 is 1.89. The third-order valence-corrected chi connectivity index (χ3v) is 4.45. The molecule has 0 aliphatic heterocycles. The van der Waals surface area contributed by atoms with E-state index in [-0.39, 0.29) is 6.04 Å². The van der Waals surface area contributed by atoms with Crippen LogP contribution in [-0.2, 0) is 0 Å². The summed E-state index contributed by atoms with van der Waals surface area (Å²) in [6.45, 7) is 3.98. The summed E-state index contributed by atoms with van der Waals surface area (Å²) in [5, 5.41) is 1.25. The zero-order chi connectivity index (χ0) is 15.9. The minimum absolute atomic E-state index is 0.0819. The molecule has 0 N–H and O–H groups in total. The second-order valence-corrected chi connectivity index (χ2v) is 5.95. The standard InChI is InChI=1S/C16H13Cl2N3O/c1-9-3-4-13(19-5-9)10(2)21-7-11(8-22)14-15(18)12(17)6-20-16(14)21/h3-8,10H,1-2H3. The first-order chi connectivity index (χ1) is 10.5. The van der Waals surface area contributed by atoms with Crippen LogP contribution >= 0.6 is 23.2 Å². The number of halogens is 2. The summed E-state index contributed by atoms with van der Waals surface area (Å²) in [6, 6.07) is 3.88. The summed E-state index contributed by atoms with van der Waals surface area (Å²) in [5.74, 6) is 0. The van der Waals surface area contributed by atoms with Gasteiger partial charge in [0.2, 0.25) is 0 Å². The SMILES string of the molecule is Cc1ccc(C(C)n2cc(C=O)c3c(Cl)c(Cl)cnc32)nc1. The number of aldehydes is 1. The molecule has 0 aromatic carbocycles. The van der Waals surface area contributed by atoms with Gasteiger partial charge in [-0.15, -0.1) is 0 Å². The summed E-state index contributed by atoms with van der Waals surface area (Å²) in [5.41, 5.74) is 3.06. The Balaban J connectivity index is 2.21. The van der Waals surface area contributed by atoms with Gasteiger partial charge in [-0.05, 0) is 25.5 Å². The van der Waals surface area contributed by atoms with E-state index in [1.807, 2.05) is 36.7 Å². The van der Waals surface area contributed by atoms with Crippen LogP contribution in [0.2, 0.25) is 10.0 Å². The normalized spacial score (nSPS) is 12.5. The maximum Gasteiger partial charge on any atom is 0.152 e. The lowest BCUT2D eigenvalue weighted by molar-refractivity contribution is 0.112. The van der Waals surface area contributed by atoms with Crippen molar-refractivity contribution in [3.05, 3.63) is 57.6 Å².